The number of hydrogen-bond acceptors (Lipinski definition) is 4. The van der Waals surface area contributed by atoms with Crippen molar-refractivity contribution in [3.63, 3.8) is 0 Å². The van der Waals surface area contributed by atoms with E-state index in [1.807, 2.05) is 42.5 Å². The fourth-order valence-electron chi connectivity index (χ4n) is 3.38. The lowest BCUT2D eigenvalue weighted by Gasteiger charge is -2.27. The molecule has 0 unspecified atom stereocenters. The zero-order valence-corrected chi connectivity index (χ0v) is 15.3. The zero-order valence-electron chi connectivity index (χ0n) is 14.5. The van der Waals surface area contributed by atoms with Gasteiger partial charge in [-0.3, -0.25) is 9.59 Å². The number of anilines is 1. The summed E-state index contributed by atoms with van der Waals surface area (Å²) in [5.41, 5.74) is 0.751. The Morgan fingerprint density at radius 2 is 1.88 bits per heavy atom. The van der Waals surface area contributed by atoms with Crippen LogP contribution in [0.4, 0.5) is 5.69 Å². The first-order valence-corrected chi connectivity index (χ1v) is 9.90. The molecular formula is C20H21N3O2S. The van der Waals surface area contributed by atoms with Gasteiger partial charge in [-0.1, -0.05) is 42.1 Å². The first-order valence-electron chi connectivity index (χ1n) is 9.02. The molecule has 1 saturated heterocycles. The number of amides is 2. The van der Waals surface area contributed by atoms with Gasteiger partial charge in [-0.05, 0) is 42.2 Å². The number of piperidine rings is 1. The number of nitrogens with zero attached hydrogens (tertiary/aromatic N) is 2. The summed E-state index contributed by atoms with van der Waals surface area (Å²) in [6.07, 6.45) is 3.67. The number of nitrogens with one attached hydrogen (secondary N) is 1. The lowest BCUT2D eigenvalue weighted by Crippen LogP contribution is -2.33. The number of amidine groups is 1. The van der Waals surface area contributed by atoms with E-state index in [4.69, 9.17) is 0 Å². The third-order valence-electron chi connectivity index (χ3n) is 4.76. The summed E-state index contributed by atoms with van der Waals surface area (Å²) in [4.78, 5) is 30.9. The standard InChI is InChI=1S/C20H21N3O2S/c24-18(21-16-9-8-14-6-2-3-7-15(14)12-16)13-17-19(25)22-20(26-17)23-10-4-1-5-11-23/h2-3,6-9,12,17H,1,4-5,10-11,13H2,(H,21,24)/t17-/m1/s1. The number of rotatable bonds is 3. The van der Waals surface area contributed by atoms with Crippen molar-refractivity contribution in [3.05, 3.63) is 42.5 Å². The summed E-state index contributed by atoms with van der Waals surface area (Å²) in [7, 11) is 0. The Balaban J connectivity index is 1.36. The first-order chi connectivity index (χ1) is 12.7. The molecule has 0 bridgehead atoms. The predicted octanol–water partition coefficient (Wildman–Crippen LogP) is 3.65. The van der Waals surface area contributed by atoms with Gasteiger partial charge in [0, 0.05) is 25.2 Å². The van der Waals surface area contributed by atoms with Crippen molar-refractivity contribution in [3.8, 4) is 0 Å². The van der Waals surface area contributed by atoms with Crippen LogP contribution in [0.1, 0.15) is 25.7 Å². The second-order valence-corrected chi connectivity index (χ2v) is 7.87. The number of thioether (sulfide) groups is 1. The number of carbonyl (C=O) groups excluding carboxylic acids is 2. The highest BCUT2D eigenvalue weighted by molar-refractivity contribution is 8.15. The molecule has 1 N–H and O–H groups in total. The molecule has 2 heterocycles. The summed E-state index contributed by atoms with van der Waals surface area (Å²) in [6, 6.07) is 13.8. The molecule has 134 valence electrons. The van der Waals surface area contributed by atoms with Crippen LogP contribution in [0.2, 0.25) is 0 Å². The maximum absolute atomic E-state index is 12.4. The number of benzene rings is 2. The number of aliphatic imine (C=N–C) groups is 1. The van der Waals surface area contributed by atoms with E-state index >= 15 is 0 Å². The summed E-state index contributed by atoms with van der Waals surface area (Å²) >= 11 is 1.43. The van der Waals surface area contributed by atoms with Crippen molar-refractivity contribution in [1.82, 2.24) is 4.90 Å². The summed E-state index contributed by atoms with van der Waals surface area (Å²) in [6.45, 7) is 1.91. The third kappa shape index (κ3) is 3.75. The fraction of sp³-hybridized carbons (Fsp3) is 0.350. The Labute approximate surface area is 156 Å². The van der Waals surface area contributed by atoms with Gasteiger partial charge in [0.15, 0.2) is 5.17 Å². The molecule has 2 aromatic rings. The third-order valence-corrected chi connectivity index (χ3v) is 5.97. The molecule has 0 aliphatic carbocycles. The molecule has 2 aliphatic heterocycles. The molecule has 1 atom stereocenters. The Morgan fingerprint density at radius 1 is 1.12 bits per heavy atom. The van der Waals surface area contributed by atoms with E-state index < -0.39 is 5.25 Å². The number of fused-ring (bicyclic) bond motifs is 1. The molecule has 0 saturated carbocycles. The molecule has 0 radical (unpaired) electrons. The molecule has 2 aromatic carbocycles. The Morgan fingerprint density at radius 3 is 2.69 bits per heavy atom. The molecular weight excluding hydrogens is 346 g/mol. The SMILES string of the molecule is O=C(C[C@H]1SC(N2CCCCC2)=NC1=O)Nc1ccc2ccccc2c1. The van der Waals surface area contributed by atoms with Crippen LogP contribution in [0.25, 0.3) is 10.8 Å². The van der Waals surface area contributed by atoms with Crippen molar-refractivity contribution in [2.24, 2.45) is 4.99 Å². The Bertz CT molecular complexity index is 874. The predicted molar refractivity (Wildman–Crippen MR) is 106 cm³/mol. The van der Waals surface area contributed by atoms with Crippen LogP contribution >= 0.6 is 11.8 Å². The number of carbonyl (C=O) groups is 2. The van der Waals surface area contributed by atoms with E-state index in [1.165, 1.54) is 18.2 Å². The van der Waals surface area contributed by atoms with Gasteiger partial charge in [0.1, 0.15) is 5.25 Å². The highest BCUT2D eigenvalue weighted by Gasteiger charge is 2.33. The van der Waals surface area contributed by atoms with Crippen molar-refractivity contribution in [2.45, 2.75) is 30.9 Å². The largest absolute Gasteiger partial charge is 0.351 e. The lowest BCUT2D eigenvalue weighted by atomic mass is 10.1. The Kier molecular flexibility index (Phi) is 4.93. The van der Waals surface area contributed by atoms with Crippen LogP contribution in [0.5, 0.6) is 0 Å². The van der Waals surface area contributed by atoms with Crippen LogP contribution in [-0.4, -0.2) is 40.2 Å². The zero-order chi connectivity index (χ0) is 17.9. The summed E-state index contributed by atoms with van der Waals surface area (Å²) in [5.74, 6) is -0.342. The average molecular weight is 367 g/mol. The molecule has 6 heteroatoms. The van der Waals surface area contributed by atoms with E-state index in [9.17, 15) is 9.59 Å². The van der Waals surface area contributed by atoms with Gasteiger partial charge in [0.2, 0.25) is 5.91 Å². The summed E-state index contributed by atoms with van der Waals surface area (Å²) in [5, 5.41) is 5.49. The molecule has 5 nitrogen and oxygen atoms in total. The van der Waals surface area contributed by atoms with E-state index in [2.05, 4.69) is 15.2 Å². The second kappa shape index (κ2) is 7.50. The van der Waals surface area contributed by atoms with Gasteiger partial charge in [0.05, 0.1) is 0 Å². The van der Waals surface area contributed by atoms with Crippen LogP contribution < -0.4 is 5.32 Å². The molecule has 4 rings (SSSR count). The van der Waals surface area contributed by atoms with E-state index in [1.54, 1.807) is 0 Å². The van der Waals surface area contributed by atoms with Crippen LogP contribution in [0.3, 0.4) is 0 Å². The highest BCUT2D eigenvalue weighted by atomic mass is 32.2. The summed E-state index contributed by atoms with van der Waals surface area (Å²) < 4.78 is 0. The monoisotopic (exact) mass is 367 g/mol. The van der Waals surface area contributed by atoms with Crippen molar-refractivity contribution >= 4 is 45.2 Å². The molecule has 26 heavy (non-hydrogen) atoms. The topological polar surface area (TPSA) is 61.8 Å². The van der Waals surface area contributed by atoms with Crippen LogP contribution in [0.15, 0.2) is 47.5 Å². The van der Waals surface area contributed by atoms with Crippen molar-refractivity contribution < 1.29 is 9.59 Å². The quantitative estimate of drug-likeness (QED) is 0.899. The van der Waals surface area contributed by atoms with Gasteiger partial charge in [-0.25, -0.2) is 0 Å². The van der Waals surface area contributed by atoms with Crippen molar-refractivity contribution in [2.75, 3.05) is 18.4 Å². The lowest BCUT2D eigenvalue weighted by molar-refractivity contribution is -0.121. The highest BCUT2D eigenvalue weighted by Crippen LogP contribution is 2.29. The van der Waals surface area contributed by atoms with E-state index in [-0.39, 0.29) is 18.2 Å². The van der Waals surface area contributed by atoms with Crippen molar-refractivity contribution in [1.29, 1.82) is 0 Å². The normalized spacial score (nSPS) is 20.3. The minimum Gasteiger partial charge on any atom is -0.351 e. The van der Waals surface area contributed by atoms with Crippen LogP contribution in [-0.2, 0) is 9.59 Å². The molecule has 0 spiro atoms. The smallest absolute Gasteiger partial charge is 0.262 e. The van der Waals surface area contributed by atoms with Gasteiger partial charge in [-0.2, -0.15) is 4.99 Å². The molecule has 2 amide bonds. The van der Waals surface area contributed by atoms with E-state index in [0.717, 1.165) is 47.6 Å². The second-order valence-electron chi connectivity index (χ2n) is 6.70. The van der Waals surface area contributed by atoms with E-state index in [0.29, 0.717) is 0 Å². The first kappa shape index (κ1) is 17.1. The number of likely N-dealkylation sites (tertiary alicyclic amines) is 1. The van der Waals surface area contributed by atoms with Gasteiger partial charge in [0.25, 0.3) is 5.91 Å². The van der Waals surface area contributed by atoms with Gasteiger partial charge < -0.3 is 10.2 Å². The minimum absolute atomic E-state index is 0.150. The average Bonchev–Trinajstić information content (AvgIpc) is 3.03. The minimum atomic E-state index is -0.410. The molecule has 1 fully saturated rings. The molecule has 0 aromatic heterocycles. The number of hydrogen-bond donors (Lipinski definition) is 1. The van der Waals surface area contributed by atoms with Gasteiger partial charge >= 0.3 is 0 Å². The fourth-order valence-corrected chi connectivity index (χ4v) is 4.49. The molecule has 2 aliphatic rings. The van der Waals surface area contributed by atoms with Crippen LogP contribution in [0, 0.1) is 0 Å². The Hall–Kier alpha value is -2.34. The van der Waals surface area contributed by atoms with Gasteiger partial charge in [-0.15, -0.1) is 0 Å². The maximum atomic E-state index is 12.4. The maximum Gasteiger partial charge on any atom is 0.262 e.